The van der Waals surface area contributed by atoms with Gasteiger partial charge in [0.2, 0.25) is 0 Å². The van der Waals surface area contributed by atoms with Crippen molar-refractivity contribution in [3.63, 3.8) is 0 Å². The van der Waals surface area contributed by atoms with Crippen molar-refractivity contribution in [3.05, 3.63) is 53.7 Å². The second kappa shape index (κ2) is 5.61. The van der Waals surface area contributed by atoms with Crippen molar-refractivity contribution in [1.82, 2.24) is 0 Å². The van der Waals surface area contributed by atoms with E-state index < -0.39 is 9.73 Å². The lowest BCUT2D eigenvalue weighted by Crippen LogP contribution is -2.05. The van der Waals surface area contributed by atoms with Gasteiger partial charge >= 0.3 is 0 Å². The highest BCUT2D eigenvalue weighted by Crippen LogP contribution is 2.29. The molecule has 0 N–H and O–H groups in total. The standard InChI is InChI=1S/C15H19NO2S/c1-12(2)15-10-9-13(18-15)11-19(17,16-3)14-7-5-4-6-8-14/h4-8,11,15H,1,9-10H2,2-3H3/b13-11-. The predicted molar refractivity (Wildman–Crippen MR) is 78.2 cm³/mol. The third-order valence-electron chi connectivity index (χ3n) is 3.14. The second-order valence-electron chi connectivity index (χ2n) is 4.64. The van der Waals surface area contributed by atoms with Gasteiger partial charge in [-0.1, -0.05) is 24.8 Å². The molecule has 2 rings (SSSR count). The van der Waals surface area contributed by atoms with Gasteiger partial charge in [-0.15, -0.1) is 0 Å². The third-order valence-corrected chi connectivity index (χ3v) is 5.21. The molecule has 0 spiro atoms. The molecule has 1 aliphatic heterocycles. The summed E-state index contributed by atoms with van der Waals surface area (Å²) in [6.45, 7) is 5.85. The maximum absolute atomic E-state index is 12.8. The van der Waals surface area contributed by atoms with E-state index in [9.17, 15) is 4.21 Å². The first-order valence-electron chi connectivity index (χ1n) is 6.28. The first-order valence-corrected chi connectivity index (χ1v) is 7.86. The van der Waals surface area contributed by atoms with Crippen LogP contribution >= 0.6 is 0 Å². The van der Waals surface area contributed by atoms with Crippen LogP contribution in [0.4, 0.5) is 0 Å². The molecule has 0 amide bonds. The van der Waals surface area contributed by atoms with Crippen LogP contribution in [0.15, 0.2) is 62.9 Å². The Kier molecular flexibility index (Phi) is 4.10. The van der Waals surface area contributed by atoms with Crippen LogP contribution in [0.1, 0.15) is 19.8 Å². The van der Waals surface area contributed by atoms with Gasteiger partial charge in [0, 0.05) is 13.5 Å². The number of hydrogen-bond donors (Lipinski definition) is 0. The molecule has 0 aromatic heterocycles. The van der Waals surface area contributed by atoms with E-state index in [1.165, 1.54) is 0 Å². The quantitative estimate of drug-likeness (QED) is 0.789. The average molecular weight is 277 g/mol. The number of benzene rings is 1. The van der Waals surface area contributed by atoms with Gasteiger partial charge in [-0.05, 0) is 31.1 Å². The summed E-state index contributed by atoms with van der Waals surface area (Å²) in [5, 5.41) is 1.67. The van der Waals surface area contributed by atoms with E-state index in [4.69, 9.17) is 4.74 Å². The highest BCUT2D eigenvalue weighted by molar-refractivity contribution is 7.96. The molecule has 1 heterocycles. The van der Waals surface area contributed by atoms with Gasteiger partial charge in [-0.25, -0.2) is 8.57 Å². The van der Waals surface area contributed by atoms with Crippen LogP contribution in [0.25, 0.3) is 0 Å². The van der Waals surface area contributed by atoms with Crippen LogP contribution in [0.2, 0.25) is 0 Å². The number of allylic oxidation sites excluding steroid dienone is 1. The SMILES string of the molecule is C=C(C)C1CC/C(=C/S(=O)(=NC)c2ccccc2)O1. The fourth-order valence-corrected chi connectivity index (χ4v) is 3.56. The van der Waals surface area contributed by atoms with Crippen molar-refractivity contribution in [2.24, 2.45) is 4.36 Å². The molecular weight excluding hydrogens is 258 g/mol. The van der Waals surface area contributed by atoms with E-state index in [1.54, 1.807) is 12.5 Å². The smallest absolute Gasteiger partial charge is 0.119 e. The van der Waals surface area contributed by atoms with Crippen LogP contribution in [0.5, 0.6) is 0 Å². The zero-order valence-electron chi connectivity index (χ0n) is 11.3. The lowest BCUT2D eigenvalue weighted by atomic mass is 10.1. The minimum Gasteiger partial charge on any atom is -0.490 e. The van der Waals surface area contributed by atoms with E-state index in [1.807, 2.05) is 37.3 Å². The molecule has 0 saturated carbocycles. The Morgan fingerprint density at radius 3 is 2.68 bits per heavy atom. The molecule has 1 saturated heterocycles. The summed E-state index contributed by atoms with van der Waals surface area (Å²) in [5.74, 6) is 0.757. The number of ether oxygens (including phenoxy) is 1. The van der Waals surface area contributed by atoms with Crippen LogP contribution in [-0.2, 0) is 14.5 Å². The fourth-order valence-electron chi connectivity index (χ4n) is 2.03. The summed E-state index contributed by atoms with van der Waals surface area (Å²) >= 11 is 0. The van der Waals surface area contributed by atoms with Gasteiger partial charge in [-0.3, -0.25) is 0 Å². The number of hydrogen-bond acceptors (Lipinski definition) is 3. The Bertz CT molecular complexity index is 610. The van der Waals surface area contributed by atoms with E-state index >= 15 is 0 Å². The molecule has 0 aliphatic carbocycles. The van der Waals surface area contributed by atoms with Gasteiger partial charge in [0.25, 0.3) is 0 Å². The summed E-state index contributed by atoms with van der Waals surface area (Å²) in [6.07, 6.45) is 1.73. The van der Waals surface area contributed by atoms with Gasteiger partial charge in [0.1, 0.15) is 11.9 Å². The van der Waals surface area contributed by atoms with Crippen molar-refractivity contribution < 1.29 is 8.95 Å². The first kappa shape index (κ1) is 13.9. The van der Waals surface area contributed by atoms with E-state index in [0.717, 1.165) is 24.2 Å². The van der Waals surface area contributed by atoms with E-state index in [-0.39, 0.29) is 6.10 Å². The number of nitrogens with zero attached hydrogens (tertiary/aromatic N) is 1. The highest BCUT2D eigenvalue weighted by Gasteiger charge is 2.23. The van der Waals surface area contributed by atoms with Crippen LogP contribution in [0.3, 0.4) is 0 Å². The Morgan fingerprint density at radius 1 is 1.47 bits per heavy atom. The number of rotatable bonds is 3. The molecular formula is C15H19NO2S. The first-order chi connectivity index (χ1) is 9.05. The minimum atomic E-state index is -2.53. The van der Waals surface area contributed by atoms with Crippen LogP contribution < -0.4 is 0 Å². The minimum absolute atomic E-state index is 0.0440. The Balaban J connectivity index is 2.31. The molecule has 0 bridgehead atoms. The molecule has 1 aromatic rings. The molecule has 1 fully saturated rings. The topological polar surface area (TPSA) is 38.7 Å². The predicted octanol–water partition coefficient (Wildman–Crippen LogP) is 3.74. The second-order valence-corrected chi connectivity index (χ2v) is 6.85. The third kappa shape index (κ3) is 3.07. The van der Waals surface area contributed by atoms with E-state index in [0.29, 0.717) is 4.90 Å². The summed E-state index contributed by atoms with van der Waals surface area (Å²) in [7, 11) is -0.949. The lowest BCUT2D eigenvalue weighted by molar-refractivity contribution is 0.192. The van der Waals surface area contributed by atoms with Gasteiger partial charge in [0.15, 0.2) is 0 Å². The zero-order valence-corrected chi connectivity index (χ0v) is 12.2. The van der Waals surface area contributed by atoms with Crippen molar-refractivity contribution in [2.75, 3.05) is 7.05 Å². The largest absolute Gasteiger partial charge is 0.490 e. The molecule has 3 nitrogen and oxygen atoms in total. The molecule has 19 heavy (non-hydrogen) atoms. The fraction of sp³-hybridized carbons (Fsp3) is 0.333. The van der Waals surface area contributed by atoms with Crippen molar-refractivity contribution in [1.29, 1.82) is 0 Å². The van der Waals surface area contributed by atoms with Gasteiger partial charge < -0.3 is 4.74 Å². The monoisotopic (exact) mass is 277 g/mol. The summed E-state index contributed by atoms with van der Waals surface area (Å²) < 4.78 is 22.7. The summed E-state index contributed by atoms with van der Waals surface area (Å²) in [5.41, 5.74) is 1.00. The zero-order chi connectivity index (χ0) is 13.9. The molecule has 102 valence electrons. The van der Waals surface area contributed by atoms with Crippen LogP contribution in [-0.4, -0.2) is 17.4 Å². The van der Waals surface area contributed by atoms with Crippen LogP contribution in [0, 0.1) is 0 Å². The maximum atomic E-state index is 12.8. The van der Waals surface area contributed by atoms with Crippen molar-refractivity contribution >= 4 is 9.73 Å². The molecule has 1 aliphatic rings. The van der Waals surface area contributed by atoms with Gasteiger partial charge in [-0.2, -0.15) is 0 Å². The summed E-state index contributed by atoms with van der Waals surface area (Å²) in [4.78, 5) is 0.715. The van der Waals surface area contributed by atoms with Crippen molar-refractivity contribution in [2.45, 2.75) is 30.8 Å². The normalized spacial score (nSPS) is 23.7. The average Bonchev–Trinajstić information content (AvgIpc) is 2.88. The molecule has 4 heteroatoms. The Labute approximate surface area is 115 Å². The highest BCUT2D eigenvalue weighted by atomic mass is 32.2. The molecule has 2 atom stereocenters. The molecule has 1 aromatic carbocycles. The lowest BCUT2D eigenvalue weighted by Gasteiger charge is -2.10. The summed E-state index contributed by atoms with van der Waals surface area (Å²) in [6, 6.07) is 9.29. The van der Waals surface area contributed by atoms with E-state index in [2.05, 4.69) is 10.9 Å². The maximum Gasteiger partial charge on any atom is 0.119 e. The Morgan fingerprint density at radius 2 is 2.16 bits per heavy atom. The molecule has 0 radical (unpaired) electrons. The van der Waals surface area contributed by atoms with Crippen molar-refractivity contribution in [3.8, 4) is 0 Å². The molecule has 2 unspecified atom stereocenters. The Hall–Kier alpha value is -1.55. The van der Waals surface area contributed by atoms with Gasteiger partial charge in [0.05, 0.1) is 20.0 Å².